The van der Waals surface area contributed by atoms with Gasteiger partial charge in [0, 0.05) is 18.4 Å². The highest BCUT2D eigenvalue weighted by Crippen LogP contribution is 2.32. The third kappa shape index (κ3) is 11.9. The summed E-state index contributed by atoms with van der Waals surface area (Å²) >= 11 is 8.07. The van der Waals surface area contributed by atoms with E-state index in [0.717, 1.165) is 0 Å². The number of carbonyl (C=O) groups excluding carboxylic acids is 1. The van der Waals surface area contributed by atoms with Crippen molar-refractivity contribution in [3.63, 3.8) is 0 Å². The molecule has 0 aliphatic heterocycles. The molecular formula is C35H38N10O6S3. The Labute approximate surface area is 323 Å². The van der Waals surface area contributed by atoms with Crippen molar-refractivity contribution in [1.29, 1.82) is 0 Å². The van der Waals surface area contributed by atoms with Gasteiger partial charge in [-0.15, -0.1) is 0 Å². The molecule has 2 aromatic heterocycles. The van der Waals surface area contributed by atoms with Crippen LogP contribution in [0.5, 0.6) is 17.2 Å². The van der Waals surface area contributed by atoms with E-state index >= 15 is 0 Å². The summed E-state index contributed by atoms with van der Waals surface area (Å²) < 4.78 is 42.2. The number of tetrazole rings is 2. The molecule has 54 heavy (non-hydrogen) atoms. The van der Waals surface area contributed by atoms with Crippen LogP contribution in [0.15, 0.2) is 97.1 Å². The number of aromatic nitrogens is 8. The van der Waals surface area contributed by atoms with Crippen LogP contribution in [-0.2, 0) is 27.3 Å². The molecule has 0 saturated carbocycles. The SMILES string of the molecule is CCOCCOc1ccc(NC(=O)C(C)Oc2ccccc2)cc1OS(=O)Nc1cccc(-n2[nH]nnc2=S)c1.Cc1ccc(Cn2[nH]nnc2=S)cc1. The van der Waals surface area contributed by atoms with E-state index in [4.69, 9.17) is 42.8 Å². The average molecular weight is 791 g/mol. The number of ether oxygens (including phenoxy) is 3. The smallest absolute Gasteiger partial charge is 0.316 e. The zero-order valence-corrected chi connectivity index (χ0v) is 32.0. The molecule has 1 amide bonds. The van der Waals surface area contributed by atoms with Crippen molar-refractivity contribution in [3.05, 3.63) is 118 Å². The minimum absolute atomic E-state index is 0.146. The Morgan fingerprint density at radius 3 is 2.33 bits per heavy atom. The Morgan fingerprint density at radius 2 is 1.63 bits per heavy atom. The molecule has 0 fully saturated rings. The number of carbonyl (C=O) groups is 1. The van der Waals surface area contributed by atoms with Gasteiger partial charge in [-0.25, -0.2) is 9.36 Å². The molecule has 19 heteroatoms. The molecule has 2 atom stereocenters. The second-order valence-corrected chi connectivity index (χ2v) is 12.9. The van der Waals surface area contributed by atoms with Gasteiger partial charge >= 0.3 is 11.3 Å². The Bertz CT molecular complexity index is 2240. The van der Waals surface area contributed by atoms with Gasteiger partial charge < -0.3 is 23.7 Å². The molecule has 0 aliphatic rings. The maximum atomic E-state index is 13.0. The number of aromatic amines is 2. The third-order valence-electron chi connectivity index (χ3n) is 7.26. The molecule has 0 spiro atoms. The van der Waals surface area contributed by atoms with Gasteiger partial charge in [-0.05, 0) is 93.2 Å². The molecule has 2 unspecified atom stereocenters. The summed E-state index contributed by atoms with van der Waals surface area (Å²) in [5.74, 6) is 0.671. The molecule has 0 aliphatic carbocycles. The van der Waals surface area contributed by atoms with Crippen LogP contribution >= 0.6 is 24.4 Å². The number of rotatable bonds is 16. The summed E-state index contributed by atoms with van der Waals surface area (Å²) in [5.41, 5.74) is 3.95. The topological polar surface area (TPSA) is 188 Å². The maximum absolute atomic E-state index is 13.0. The van der Waals surface area contributed by atoms with E-state index in [-0.39, 0.29) is 23.0 Å². The minimum Gasteiger partial charge on any atom is -0.487 e. The van der Waals surface area contributed by atoms with E-state index in [2.05, 4.69) is 72.3 Å². The second kappa shape index (κ2) is 19.9. The van der Waals surface area contributed by atoms with Gasteiger partial charge in [-0.3, -0.25) is 9.52 Å². The van der Waals surface area contributed by atoms with Gasteiger partial charge in [0.25, 0.3) is 5.91 Å². The van der Waals surface area contributed by atoms with Gasteiger partial charge in [0.2, 0.25) is 9.54 Å². The first-order valence-corrected chi connectivity index (χ1v) is 18.5. The van der Waals surface area contributed by atoms with Crippen LogP contribution in [0.2, 0.25) is 0 Å². The maximum Gasteiger partial charge on any atom is 0.316 e. The zero-order chi connectivity index (χ0) is 38.3. The van der Waals surface area contributed by atoms with Crippen LogP contribution in [0.3, 0.4) is 0 Å². The Kier molecular flexibility index (Phi) is 14.5. The fourth-order valence-corrected chi connectivity index (χ4v) is 5.58. The fraction of sp³-hybridized carbons (Fsp3) is 0.229. The molecule has 282 valence electrons. The Balaban J connectivity index is 0.000000333. The monoisotopic (exact) mass is 790 g/mol. The summed E-state index contributed by atoms with van der Waals surface area (Å²) in [7, 11) is 0. The van der Waals surface area contributed by atoms with E-state index in [1.54, 1.807) is 60.1 Å². The lowest BCUT2D eigenvalue weighted by Crippen LogP contribution is -2.30. The van der Waals surface area contributed by atoms with Crippen LogP contribution in [-0.4, -0.2) is 76.5 Å². The zero-order valence-electron chi connectivity index (χ0n) is 29.5. The third-order valence-corrected chi connectivity index (χ3v) is 8.56. The molecule has 6 rings (SSSR count). The highest BCUT2D eigenvalue weighted by molar-refractivity contribution is 7.82. The largest absolute Gasteiger partial charge is 0.487 e. The fourth-order valence-electron chi connectivity index (χ4n) is 4.59. The van der Waals surface area contributed by atoms with Crippen LogP contribution in [0, 0.1) is 16.5 Å². The highest BCUT2D eigenvalue weighted by Gasteiger charge is 2.18. The van der Waals surface area contributed by atoms with Crippen molar-refractivity contribution in [1.82, 2.24) is 40.4 Å². The van der Waals surface area contributed by atoms with E-state index in [0.29, 0.717) is 53.1 Å². The van der Waals surface area contributed by atoms with Gasteiger partial charge in [0.05, 0.1) is 24.5 Å². The number of nitrogens with zero attached hydrogens (tertiary/aromatic N) is 6. The number of benzene rings is 4. The summed E-state index contributed by atoms with van der Waals surface area (Å²) in [5, 5.41) is 22.9. The number of amides is 1. The normalized spacial score (nSPS) is 11.8. The summed E-state index contributed by atoms with van der Waals surface area (Å²) in [4.78, 5) is 12.8. The Hall–Kier alpha value is -5.76. The van der Waals surface area contributed by atoms with Crippen molar-refractivity contribution < 1.29 is 27.4 Å². The molecule has 0 radical (unpaired) electrons. The van der Waals surface area contributed by atoms with E-state index < -0.39 is 17.4 Å². The lowest BCUT2D eigenvalue weighted by molar-refractivity contribution is -0.122. The van der Waals surface area contributed by atoms with Gasteiger partial charge in [-0.2, -0.15) is 14.6 Å². The van der Waals surface area contributed by atoms with Gasteiger partial charge in [-0.1, -0.05) is 74.7 Å². The first-order chi connectivity index (χ1) is 26.2. The molecule has 4 aromatic carbocycles. The number of para-hydroxylation sites is 1. The number of anilines is 2. The summed E-state index contributed by atoms with van der Waals surface area (Å²) in [6.07, 6.45) is -0.768. The number of nitrogens with one attached hydrogen (secondary N) is 4. The molecule has 6 aromatic rings. The molecular weight excluding hydrogens is 753 g/mol. The molecule has 0 bridgehead atoms. The van der Waals surface area contributed by atoms with Gasteiger partial charge in [0.15, 0.2) is 17.6 Å². The first-order valence-electron chi connectivity index (χ1n) is 16.6. The highest BCUT2D eigenvalue weighted by atomic mass is 32.2. The molecule has 0 saturated heterocycles. The minimum atomic E-state index is -2.03. The first kappa shape index (κ1) is 39.4. The number of hydrogen-bond donors (Lipinski definition) is 4. The van der Waals surface area contributed by atoms with Crippen molar-refractivity contribution >= 4 is 53.0 Å². The van der Waals surface area contributed by atoms with Crippen LogP contribution in [0.4, 0.5) is 11.4 Å². The van der Waals surface area contributed by atoms with Crippen molar-refractivity contribution in [2.75, 3.05) is 29.9 Å². The standard InChI is InChI=1S/C26H28N6O6S2.C9H10N4S/c1-3-35-14-15-36-23-13-12-19(27-25(33)18(2)37-22-10-5-4-6-11-22)17-24(23)38-40(34)29-20-8-7-9-21(16-20)32-26(39)28-30-31-32;1-7-2-4-8(5-3-7)6-13-9(14)10-11-12-13/h4-13,16-18,29H,3,14-15H2,1-2H3,(H,27,33)(H,28,31,39);2-5H,6H2,1H3,(H,10,12,14). The summed E-state index contributed by atoms with van der Waals surface area (Å²) in [6, 6.07) is 29.0. The predicted octanol–water partition coefficient (Wildman–Crippen LogP) is 5.91. The van der Waals surface area contributed by atoms with Crippen LogP contribution in [0.1, 0.15) is 25.0 Å². The second-order valence-electron chi connectivity index (χ2n) is 11.3. The quantitative estimate of drug-likeness (QED) is 0.0672. The number of H-pyrrole nitrogens is 2. The van der Waals surface area contributed by atoms with E-state index in [9.17, 15) is 9.00 Å². The predicted molar refractivity (Wildman–Crippen MR) is 208 cm³/mol. The average Bonchev–Trinajstić information content (AvgIpc) is 3.79. The van der Waals surface area contributed by atoms with Crippen molar-refractivity contribution in [2.24, 2.45) is 0 Å². The van der Waals surface area contributed by atoms with E-state index in [1.807, 2.05) is 25.1 Å². The lowest BCUT2D eigenvalue weighted by Gasteiger charge is -2.17. The number of hydrogen-bond acceptors (Lipinski definition) is 12. The van der Waals surface area contributed by atoms with Crippen LogP contribution < -0.4 is 23.7 Å². The lowest BCUT2D eigenvalue weighted by atomic mass is 10.1. The van der Waals surface area contributed by atoms with Gasteiger partial charge in [0.1, 0.15) is 12.4 Å². The molecule has 16 nitrogen and oxygen atoms in total. The molecule has 2 heterocycles. The molecule has 4 N–H and O–H groups in total. The number of aryl methyl sites for hydroxylation is 1. The van der Waals surface area contributed by atoms with Crippen molar-refractivity contribution in [2.45, 2.75) is 33.4 Å². The summed E-state index contributed by atoms with van der Waals surface area (Å²) in [6.45, 7) is 7.44. The van der Waals surface area contributed by atoms with Crippen molar-refractivity contribution in [3.8, 4) is 22.9 Å². The Morgan fingerprint density at radius 1 is 0.870 bits per heavy atom. The van der Waals surface area contributed by atoms with E-state index in [1.165, 1.54) is 21.9 Å². The van der Waals surface area contributed by atoms with Crippen LogP contribution in [0.25, 0.3) is 5.69 Å².